The summed E-state index contributed by atoms with van der Waals surface area (Å²) in [6, 6.07) is 7.31. The van der Waals surface area contributed by atoms with Gasteiger partial charge < -0.3 is 14.7 Å². The van der Waals surface area contributed by atoms with E-state index in [2.05, 4.69) is 21.6 Å². The SMILES string of the molecule is COc1ccc2nccc(C(F)CC[C@@H]3CCN(CCSC4CCCCCC4)C[C@@H]3CC(=O)O)c2c1. The van der Waals surface area contributed by atoms with Crippen molar-refractivity contribution in [1.29, 1.82) is 0 Å². The van der Waals surface area contributed by atoms with Crippen molar-refractivity contribution in [2.24, 2.45) is 11.8 Å². The summed E-state index contributed by atoms with van der Waals surface area (Å²) in [4.78, 5) is 18.4. The van der Waals surface area contributed by atoms with Gasteiger partial charge in [0.2, 0.25) is 0 Å². The molecule has 2 heterocycles. The molecule has 7 heteroatoms. The normalized spacial score (nSPS) is 22.8. The van der Waals surface area contributed by atoms with Crippen molar-refractivity contribution >= 4 is 28.6 Å². The van der Waals surface area contributed by atoms with Gasteiger partial charge >= 0.3 is 5.97 Å². The Hall–Kier alpha value is -1.86. The molecule has 0 bridgehead atoms. The van der Waals surface area contributed by atoms with Crippen LogP contribution >= 0.6 is 11.8 Å². The Bertz CT molecular complexity index is 982. The third kappa shape index (κ3) is 7.58. The first-order chi connectivity index (χ1) is 17.5. The average Bonchev–Trinajstić information content (AvgIpc) is 3.16. The molecule has 2 aromatic rings. The minimum Gasteiger partial charge on any atom is -0.497 e. The Balaban J connectivity index is 1.31. The highest BCUT2D eigenvalue weighted by Gasteiger charge is 2.31. The standard InChI is InChI=1S/C29H41FN2O3S/c1-35-23-9-11-28-26(19-23)25(12-14-31-28)27(30)10-8-21-13-15-32(20-22(21)18-29(33)34)16-17-36-24-6-4-2-3-5-7-24/h9,11-12,14,19,21-22,24,27H,2-8,10,13,15-18,20H2,1H3,(H,33,34)/t21-,22+,27?/m1/s1. The largest absolute Gasteiger partial charge is 0.497 e. The molecule has 1 unspecified atom stereocenters. The summed E-state index contributed by atoms with van der Waals surface area (Å²) in [7, 11) is 1.61. The first kappa shape index (κ1) is 27.2. The number of carboxylic acid groups (broad SMARTS) is 1. The minimum absolute atomic E-state index is 0.0839. The van der Waals surface area contributed by atoms with Gasteiger partial charge in [-0.1, -0.05) is 25.7 Å². The molecule has 5 nitrogen and oxygen atoms in total. The van der Waals surface area contributed by atoms with Crippen LogP contribution in [-0.2, 0) is 4.79 Å². The second-order valence-electron chi connectivity index (χ2n) is 10.5. The molecule has 36 heavy (non-hydrogen) atoms. The fourth-order valence-electron chi connectivity index (χ4n) is 6.01. The van der Waals surface area contributed by atoms with E-state index in [0.29, 0.717) is 24.2 Å². The van der Waals surface area contributed by atoms with Crippen LogP contribution in [0.5, 0.6) is 5.75 Å². The molecule has 198 valence electrons. The summed E-state index contributed by atoms with van der Waals surface area (Å²) in [6.45, 7) is 2.83. The van der Waals surface area contributed by atoms with E-state index in [-0.39, 0.29) is 18.3 Å². The number of aliphatic carboxylic acids is 1. The monoisotopic (exact) mass is 516 g/mol. The number of aromatic nitrogens is 1. The molecular weight excluding hydrogens is 475 g/mol. The number of carboxylic acids is 1. The van der Waals surface area contributed by atoms with Gasteiger partial charge in [-0.05, 0) is 80.3 Å². The zero-order valence-corrected chi connectivity index (χ0v) is 22.4. The van der Waals surface area contributed by atoms with E-state index in [1.807, 2.05) is 18.2 Å². The molecule has 2 fully saturated rings. The Labute approximate surface area is 219 Å². The van der Waals surface area contributed by atoms with Crippen LogP contribution in [0, 0.1) is 11.8 Å². The smallest absolute Gasteiger partial charge is 0.303 e. The van der Waals surface area contributed by atoms with Crippen molar-refractivity contribution in [3.05, 3.63) is 36.0 Å². The van der Waals surface area contributed by atoms with Gasteiger partial charge in [-0.3, -0.25) is 9.78 Å². The number of likely N-dealkylation sites (tertiary alicyclic amines) is 1. The number of benzene rings is 1. The minimum atomic E-state index is -1.11. The van der Waals surface area contributed by atoms with Crippen LogP contribution in [0.15, 0.2) is 30.5 Å². The number of halogens is 1. The molecule has 4 rings (SSSR count). The second kappa shape index (κ2) is 13.6. The third-order valence-electron chi connectivity index (χ3n) is 8.09. The van der Waals surface area contributed by atoms with E-state index in [4.69, 9.17) is 4.74 Å². The predicted octanol–water partition coefficient (Wildman–Crippen LogP) is 6.90. The van der Waals surface area contributed by atoms with E-state index < -0.39 is 12.1 Å². The average molecular weight is 517 g/mol. The topological polar surface area (TPSA) is 62.7 Å². The first-order valence-electron chi connectivity index (χ1n) is 13.7. The number of methoxy groups -OCH3 is 1. The number of fused-ring (bicyclic) bond motifs is 1. The maximum atomic E-state index is 15.5. The lowest BCUT2D eigenvalue weighted by Gasteiger charge is -2.38. The zero-order valence-electron chi connectivity index (χ0n) is 21.5. The second-order valence-corrected chi connectivity index (χ2v) is 11.9. The molecule has 0 amide bonds. The van der Waals surface area contributed by atoms with Crippen molar-refractivity contribution in [1.82, 2.24) is 9.88 Å². The highest BCUT2D eigenvalue weighted by atomic mass is 32.2. The number of alkyl halides is 1. The van der Waals surface area contributed by atoms with Gasteiger partial charge in [0.15, 0.2) is 0 Å². The van der Waals surface area contributed by atoms with E-state index >= 15 is 4.39 Å². The van der Waals surface area contributed by atoms with Crippen LogP contribution in [0.4, 0.5) is 4.39 Å². The van der Waals surface area contributed by atoms with Crippen LogP contribution in [0.2, 0.25) is 0 Å². The van der Waals surface area contributed by atoms with Crippen LogP contribution in [0.25, 0.3) is 10.9 Å². The number of nitrogens with zero attached hydrogens (tertiary/aromatic N) is 2. The number of thioether (sulfide) groups is 1. The van der Waals surface area contributed by atoms with Gasteiger partial charge in [0, 0.05) is 42.1 Å². The van der Waals surface area contributed by atoms with Crippen molar-refractivity contribution in [3.8, 4) is 5.75 Å². The highest BCUT2D eigenvalue weighted by Crippen LogP contribution is 2.36. The molecule has 1 aliphatic carbocycles. The maximum absolute atomic E-state index is 15.5. The van der Waals surface area contributed by atoms with Crippen LogP contribution < -0.4 is 4.74 Å². The quantitative estimate of drug-likeness (QED) is 0.328. The van der Waals surface area contributed by atoms with Gasteiger partial charge in [0.1, 0.15) is 11.9 Å². The molecule has 1 aliphatic heterocycles. The first-order valence-corrected chi connectivity index (χ1v) is 14.7. The molecule has 1 saturated carbocycles. The van der Waals surface area contributed by atoms with E-state index in [1.54, 1.807) is 19.4 Å². The van der Waals surface area contributed by atoms with Gasteiger partial charge in [-0.2, -0.15) is 11.8 Å². The molecule has 1 aromatic carbocycles. The Morgan fingerprint density at radius 3 is 2.75 bits per heavy atom. The summed E-state index contributed by atoms with van der Waals surface area (Å²) >= 11 is 2.11. The van der Waals surface area contributed by atoms with E-state index in [9.17, 15) is 9.90 Å². The van der Waals surface area contributed by atoms with Crippen LogP contribution in [0.1, 0.15) is 75.9 Å². The fraction of sp³-hybridized carbons (Fsp3) is 0.655. The fourth-order valence-corrected chi connectivity index (χ4v) is 7.38. The molecule has 1 aromatic heterocycles. The number of hydrogen-bond acceptors (Lipinski definition) is 5. The summed E-state index contributed by atoms with van der Waals surface area (Å²) in [6.07, 6.45) is 11.0. The summed E-state index contributed by atoms with van der Waals surface area (Å²) < 4.78 is 20.8. The van der Waals surface area contributed by atoms with E-state index in [0.717, 1.165) is 48.0 Å². The van der Waals surface area contributed by atoms with Gasteiger partial charge in [-0.15, -0.1) is 0 Å². The summed E-state index contributed by atoms with van der Waals surface area (Å²) in [5.41, 5.74) is 1.40. The van der Waals surface area contributed by atoms with Gasteiger partial charge in [0.05, 0.1) is 12.6 Å². The molecule has 3 atom stereocenters. The number of piperidine rings is 1. The lowest BCUT2D eigenvalue weighted by Crippen LogP contribution is -2.42. The number of hydrogen-bond donors (Lipinski definition) is 1. The van der Waals surface area contributed by atoms with Crippen molar-refractivity contribution < 1.29 is 19.0 Å². The Kier molecular flexibility index (Phi) is 10.3. The molecule has 0 spiro atoms. The molecule has 0 radical (unpaired) electrons. The number of rotatable bonds is 11. The summed E-state index contributed by atoms with van der Waals surface area (Å²) in [5, 5.41) is 11.1. The van der Waals surface area contributed by atoms with Crippen molar-refractivity contribution in [2.75, 3.05) is 32.5 Å². The molecular formula is C29H41FN2O3S. The highest BCUT2D eigenvalue weighted by molar-refractivity contribution is 7.99. The lowest BCUT2D eigenvalue weighted by atomic mass is 9.79. The van der Waals surface area contributed by atoms with Gasteiger partial charge in [-0.25, -0.2) is 4.39 Å². The Morgan fingerprint density at radius 1 is 1.19 bits per heavy atom. The van der Waals surface area contributed by atoms with Crippen molar-refractivity contribution in [3.63, 3.8) is 0 Å². The summed E-state index contributed by atoms with van der Waals surface area (Å²) in [5.74, 6) is 1.40. The van der Waals surface area contributed by atoms with E-state index in [1.165, 1.54) is 38.5 Å². The van der Waals surface area contributed by atoms with Crippen molar-refractivity contribution in [2.45, 2.75) is 75.6 Å². The number of ether oxygens (including phenoxy) is 1. The van der Waals surface area contributed by atoms with Crippen LogP contribution in [0.3, 0.4) is 0 Å². The third-order valence-corrected chi connectivity index (χ3v) is 9.45. The zero-order chi connectivity index (χ0) is 25.3. The molecule has 2 aliphatic rings. The maximum Gasteiger partial charge on any atom is 0.303 e. The Morgan fingerprint density at radius 2 is 2.00 bits per heavy atom. The molecule has 1 saturated heterocycles. The number of carbonyl (C=O) groups is 1. The van der Waals surface area contributed by atoms with Gasteiger partial charge in [0.25, 0.3) is 0 Å². The molecule has 1 N–H and O–H groups in total. The number of pyridine rings is 1. The van der Waals surface area contributed by atoms with Crippen LogP contribution in [-0.4, -0.2) is 58.7 Å². The lowest BCUT2D eigenvalue weighted by molar-refractivity contribution is -0.139. The predicted molar refractivity (Wildman–Crippen MR) is 146 cm³/mol.